The smallest absolute Gasteiger partial charge is 0.308 e. The van der Waals surface area contributed by atoms with Gasteiger partial charge in [-0.25, -0.2) is 4.79 Å². The number of nitrogens with zero attached hydrogens (tertiary/aromatic N) is 2. The highest BCUT2D eigenvalue weighted by Crippen LogP contribution is 2.16. The van der Waals surface area contributed by atoms with Crippen LogP contribution in [0.1, 0.15) is 11.4 Å². The van der Waals surface area contributed by atoms with E-state index in [2.05, 4.69) is 9.88 Å². The molecule has 0 bridgehead atoms. The lowest BCUT2D eigenvalue weighted by Crippen LogP contribution is -2.19. The van der Waals surface area contributed by atoms with Crippen LogP contribution in [0.2, 0.25) is 0 Å². The SMILES string of the molecule is CN1Cc2[nH]c(=O)n(C)c2C1. The Bertz CT molecular complexity index is 336. The summed E-state index contributed by atoms with van der Waals surface area (Å²) in [4.78, 5) is 16.0. The first-order valence-corrected chi connectivity index (χ1v) is 3.64. The van der Waals surface area contributed by atoms with Crippen LogP contribution in [-0.4, -0.2) is 21.5 Å². The number of H-pyrrole nitrogens is 1. The van der Waals surface area contributed by atoms with Gasteiger partial charge in [0.05, 0.1) is 11.4 Å². The number of hydrogen-bond acceptors (Lipinski definition) is 2. The number of hydrogen-bond donors (Lipinski definition) is 1. The summed E-state index contributed by atoms with van der Waals surface area (Å²) in [6.07, 6.45) is 0. The fourth-order valence-electron chi connectivity index (χ4n) is 1.52. The van der Waals surface area contributed by atoms with E-state index in [4.69, 9.17) is 0 Å². The second-order valence-electron chi connectivity index (χ2n) is 3.09. The minimum absolute atomic E-state index is 0.00287. The molecular weight excluding hydrogens is 142 g/mol. The van der Waals surface area contributed by atoms with Crippen molar-refractivity contribution in [3.05, 3.63) is 21.9 Å². The number of aromatic nitrogens is 2. The van der Waals surface area contributed by atoms with E-state index in [0.29, 0.717) is 0 Å². The van der Waals surface area contributed by atoms with Gasteiger partial charge in [-0.15, -0.1) is 0 Å². The molecule has 0 saturated carbocycles. The zero-order valence-electron chi connectivity index (χ0n) is 6.72. The molecule has 0 aliphatic carbocycles. The van der Waals surface area contributed by atoms with Gasteiger partial charge < -0.3 is 4.98 Å². The number of rotatable bonds is 0. The molecule has 4 nitrogen and oxygen atoms in total. The minimum Gasteiger partial charge on any atom is -0.308 e. The van der Waals surface area contributed by atoms with E-state index in [-0.39, 0.29) is 5.69 Å². The Morgan fingerprint density at radius 3 is 2.73 bits per heavy atom. The van der Waals surface area contributed by atoms with Crippen LogP contribution in [0.3, 0.4) is 0 Å². The molecule has 4 heteroatoms. The molecule has 0 atom stereocenters. The van der Waals surface area contributed by atoms with Gasteiger partial charge in [-0.2, -0.15) is 0 Å². The molecule has 0 amide bonds. The van der Waals surface area contributed by atoms with E-state index in [1.807, 2.05) is 7.05 Å². The quantitative estimate of drug-likeness (QED) is 0.554. The van der Waals surface area contributed by atoms with E-state index in [1.165, 1.54) is 0 Å². The van der Waals surface area contributed by atoms with Crippen LogP contribution in [0, 0.1) is 0 Å². The third kappa shape index (κ3) is 0.826. The highest BCUT2D eigenvalue weighted by molar-refractivity contribution is 5.17. The molecule has 11 heavy (non-hydrogen) atoms. The first-order chi connectivity index (χ1) is 5.18. The molecule has 1 aliphatic heterocycles. The molecule has 0 saturated heterocycles. The molecule has 0 unspecified atom stereocenters. The Morgan fingerprint density at radius 2 is 2.09 bits per heavy atom. The van der Waals surface area contributed by atoms with Crippen molar-refractivity contribution in [1.82, 2.24) is 14.5 Å². The Kier molecular flexibility index (Phi) is 1.20. The summed E-state index contributed by atoms with van der Waals surface area (Å²) in [5.74, 6) is 0. The monoisotopic (exact) mass is 153 g/mol. The highest BCUT2D eigenvalue weighted by Gasteiger charge is 2.20. The number of imidazole rings is 1. The van der Waals surface area contributed by atoms with E-state index < -0.39 is 0 Å². The van der Waals surface area contributed by atoms with E-state index >= 15 is 0 Å². The summed E-state index contributed by atoms with van der Waals surface area (Å²) >= 11 is 0. The standard InChI is InChI=1S/C7H11N3O/c1-9-3-5-6(4-9)10(2)7(11)8-5/h3-4H2,1-2H3,(H,8,11). The second kappa shape index (κ2) is 1.98. The molecule has 0 fully saturated rings. The van der Waals surface area contributed by atoms with Crippen LogP contribution in [0.25, 0.3) is 0 Å². The molecule has 2 heterocycles. The molecule has 1 aromatic rings. The van der Waals surface area contributed by atoms with E-state index in [0.717, 1.165) is 24.5 Å². The predicted molar refractivity (Wildman–Crippen MR) is 41.2 cm³/mol. The van der Waals surface area contributed by atoms with Gasteiger partial charge in [0, 0.05) is 20.1 Å². The van der Waals surface area contributed by atoms with Crippen molar-refractivity contribution in [2.24, 2.45) is 7.05 Å². The lowest BCUT2D eigenvalue weighted by Gasteiger charge is -2.04. The third-order valence-corrected chi connectivity index (χ3v) is 2.16. The van der Waals surface area contributed by atoms with E-state index in [1.54, 1.807) is 11.6 Å². The summed E-state index contributed by atoms with van der Waals surface area (Å²) in [5.41, 5.74) is 2.20. The molecule has 0 radical (unpaired) electrons. The maximum Gasteiger partial charge on any atom is 0.325 e. The summed E-state index contributed by atoms with van der Waals surface area (Å²) in [7, 11) is 3.84. The van der Waals surface area contributed by atoms with Crippen LogP contribution < -0.4 is 5.69 Å². The molecule has 60 valence electrons. The van der Waals surface area contributed by atoms with Crippen molar-refractivity contribution in [3.63, 3.8) is 0 Å². The molecule has 1 aliphatic rings. The molecule has 1 aromatic heterocycles. The van der Waals surface area contributed by atoms with Gasteiger partial charge in [0.15, 0.2) is 0 Å². The summed E-state index contributed by atoms with van der Waals surface area (Å²) < 4.78 is 1.68. The Morgan fingerprint density at radius 1 is 1.36 bits per heavy atom. The maximum atomic E-state index is 11.0. The zero-order valence-corrected chi connectivity index (χ0v) is 6.72. The van der Waals surface area contributed by atoms with Crippen molar-refractivity contribution >= 4 is 0 Å². The van der Waals surface area contributed by atoms with Crippen LogP contribution >= 0.6 is 0 Å². The van der Waals surface area contributed by atoms with E-state index in [9.17, 15) is 4.79 Å². The average Bonchev–Trinajstić information content (AvgIpc) is 2.37. The third-order valence-electron chi connectivity index (χ3n) is 2.16. The molecule has 0 aromatic carbocycles. The normalized spacial score (nSPS) is 17.3. The van der Waals surface area contributed by atoms with Gasteiger partial charge in [0.25, 0.3) is 0 Å². The molecule has 2 rings (SSSR count). The lowest BCUT2D eigenvalue weighted by atomic mass is 10.4. The second-order valence-corrected chi connectivity index (χ2v) is 3.09. The Labute approximate surface area is 64.4 Å². The topological polar surface area (TPSA) is 41.0 Å². The van der Waals surface area contributed by atoms with Crippen molar-refractivity contribution in [1.29, 1.82) is 0 Å². The van der Waals surface area contributed by atoms with Crippen LogP contribution in [0.4, 0.5) is 0 Å². The Balaban J connectivity index is 2.56. The van der Waals surface area contributed by atoms with Gasteiger partial charge in [0.2, 0.25) is 0 Å². The summed E-state index contributed by atoms with van der Waals surface area (Å²) in [6, 6.07) is 0. The summed E-state index contributed by atoms with van der Waals surface area (Å²) in [6.45, 7) is 1.75. The van der Waals surface area contributed by atoms with Crippen LogP contribution in [-0.2, 0) is 20.1 Å². The van der Waals surface area contributed by atoms with Gasteiger partial charge in [-0.1, -0.05) is 0 Å². The zero-order chi connectivity index (χ0) is 8.01. The predicted octanol–water partition coefficient (Wildman–Crippen LogP) is -0.341. The van der Waals surface area contributed by atoms with Gasteiger partial charge in [-0.3, -0.25) is 9.47 Å². The van der Waals surface area contributed by atoms with Crippen molar-refractivity contribution in [2.45, 2.75) is 13.1 Å². The van der Waals surface area contributed by atoms with Crippen molar-refractivity contribution < 1.29 is 0 Å². The van der Waals surface area contributed by atoms with Gasteiger partial charge in [0.1, 0.15) is 0 Å². The van der Waals surface area contributed by atoms with Crippen LogP contribution in [0.15, 0.2) is 4.79 Å². The van der Waals surface area contributed by atoms with Gasteiger partial charge in [-0.05, 0) is 7.05 Å². The Hall–Kier alpha value is -1.03. The first-order valence-electron chi connectivity index (χ1n) is 3.64. The molecule has 0 spiro atoms. The highest BCUT2D eigenvalue weighted by atomic mass is 16.1. The number of aromatic amines is 1. The van der Waals surface area contributed by atoms with Crippen LogP contribution in [0.5, 0.6) is 0 Å². The number of fused-ring (bicyclic) bond motifs is 1. The molecular formula is C7H11N3O. The van der Waals surface area contributed by atoms with Crippen molar-refractivity contribution in [3.8, 4) is 0 Å². The summed E-state index contributed by atoms with van der Waals surface area (Å²) in [5, 5.41) is 0. The fraction of sp³-hybridized carbons (Fsp3) is 0.571. The minimum atomic E-state index is 0.00287. The fourth-order valence-corrected chi connectivity index (χ4v) is 1.52. The van der Waals surface area contributed by atoms with Crippen molar-refractivity contribution in [2.75, 3.05) is 7.05 Å². The average molecular weight is 153 g/mol. The number of nitrogens with one attached hydrogen (secondary N) is 1. The van der Waals surface area contributed by atoms with Gasteiger partial charge >= 0.3 is 5.69 Å². The maximum absolute atomic E-state index is 11.0. The largest absolute Gasteiger partial charge is 0.325 e. The first kappa shape index (κ1) is 6.67. The lowest BCUT2D eigenvalue weighted by molar-refractivity contribution is 0.343. The molecule has 1 N–H and O–H groups in total.